The number of amides is 1. The molecule has 0 spiro atoms. The molecule has 0 atom stereocenters. The second-order valence-corrected chi connectivity index (χ2v) is 3.31. The van der Waals surface area contributed by atoms with Gasteiger partial charge in [-0.25, -0.2) is 0 Å². The Kier molecular flexibility index (Phi) is 3.23. The molecule has 1 heterocycles. The van der Waals surface area contributed by atoms with Crippen LogP contribution >= 0.6 is 0 Å². The van der Waals surface area contributed by atoms with Crippen LogP contribution in [0.1, 0.15) is 41.2 Å². The minimum Gasteiger partial charge on any atom is -0.366 e. The number of hydrogen-bond donors (Lipinski definition) is 1. The molecule has 1 aromatic heterocycles. The molecular weight excluding hydrogens is 176 g/mol. The number of nitrogens with zero attached hydrogens (tertiary/aromatic N) is 1. The number of aromatic nitrogens is 1. The first-order valence-corrected chi connectivity index (χ1v) is 4.89. The van der Waals surface area contributed by atoms with Crippen molar-refractivity contribution in [3.63, 3.8) is 0 Å². The summed E-state index contributed by atoms with van der Waals surface area (Å²) >= 11 is 0. The molecule has 0 saturated carbocycles. The molecule has 0 aliphatic carbocycles. The summed E-state index contributed by atoms with van der Waals surface area (Å²) in [5.41, 5.74) is 8.77. The molecule has 0 aliphatic heterocycles. The van der Waals surface area contributed by atoms with Crippen molar-refractivity contribution in [1.29, 1.82) is 0 Å². The Morgan fingerprint density at radius 3 is 2.50 bits per heavy atom. The van der Waals surface area contributed by atoms with Crippen LogP contribution < -0.4 is 5.73 Å². The van der Waals surface area contributed by atoms with Crippen LogP contribution in [0.2, 0.25) is 0 Å². The standard InChI is InChI=1S/C11H16N2O/c1-4-8-9(11(12)14)6-7(3)13-10(8)5-2/h6H,4-5H2,1-3H3,(H2,12,14). The predicted molar refractivity (Wildman–Crippen MR) is 56.2 cm³/mol. The molecule has 14 heavy (non-hydrogen) atoms. The van der Waals surface area contributed by atoms with Gasteiger partial charge in [-0.1, -0.05) is 13.8 Å². The maximum atomic E-state index is 11.2. The van der Waals surface area contributed by atoms with E-state index < -0.39 is 0 Å². The van der Waals surface area contributed by atoms with Crippen molar-refractivity contribution in [3.05, 3.63) is 28.6 Å². The van der Waals surface area contributed by atoms with Crippen LogP contribution in [0.3, 0.4) is 0 Å². The maximum Gasteiger partial charge on any atom is 0.249 e. The van der Waals surface area contributed by atoms with E-state index in [2.05, 4.69) is 4.98 Å². The van der Waals surface area contributed by atoms with E-state index in [0.29, 0.717) is 5.56 Å². The maximum absolute atomic E-state index is 11.2. The van der Waals surface area contributed by atoms with Crippen molar-refractivity contribution < 1.29 is 4.79 Å². The fraction of sp³-hybridized carbons (Fsp3) is 0.455. The highest BCUT2D eigenvalue weighted by Gasteiger charge is 2.12. The van der Waals surface area contributed by atoms with Gasteiger partial charge in [-0.3, -0.25) is 9.78 Å². The Balaban J connectivity index is 3.39. The summed E-state index contributed by atoms with van der Waals surface area (Å²) in [6.07, 6.45) is 1.64. The van der Waals surface area contributed by atoms with Gasteiger partial charge in [-0.15, -0.1) is 0 Å². The van der Waals surface area contributed by atoms with Gasteiger partial charge in [0.05, 0.1) is 0 Å². The lowest BCUT2D eigenvalue weighted by atomic mass is 10.0. The Hall–Kier alpha value is -1.38. The third-order valence-corrected chi connectivity index (χ3v) is 2.29. The molecule has 1 rings (SSSR count). The minimum absolute atomic E-state index is 0.359. The van der Waals surface area contributed by atoms with Gasteiger partial charge < -0.3 is 5.73 Å². The van der Waals surface area contributed by atoms with Crippen LogP contribution in [-0.4, -0.2) is 10.9 Å². The molecule has 0 bridgehead atoms. The fourth-order valence-electron chi connectivity index (χ4n) is 1.67. The highest BCUT2D eigenvalue weighted by atomic mass is 16.1. The van der Waals surface area contributed by atoms with Gasteiger partial charge in [0.1, 0.15) is 0 Å². The van der Waals surface area contributed by atoms with Crippen LogP contribution in [0.25, 0.3) is 0 Å². The van der Waals surface area contributed by atoms with Crippen LogP contribution in [0.15, 0.2) is 6.07 Å². The molecule has 0 aromatic carbocycles. The molecule has 2 N–H and O–H groups in total. The van der Waals surface area contributed by atoms with E-state index in [9.17, 15) is 4.79 Å². The monoisotopic (exact) mass is 192 g/mol. The summed E-state index contributed by atoms with van der Waals surface area (Å²) in [5, 5.41) is 0. The Labute approximate surface area is 84.3 Å². The summed E-state index contributed by atoms with van der Waals surface area (Å²) in [5.74, 6) is -0.359. The Morgan fingerprint density at radius 2 is 2.07 bits per heavy atom. The third kappa shape index (κ3) is 1.92. The molecular formula is C11H16N2O. The van der Waals surface area contributed by atoms with Gasteiger partial charge in [-0.2, -0.15) is 0 Å². The number of carbonyl (C=O) groups is 1. The number of pyridine rings is 1. The minimum atomic E-state index is -0.359. The van der Waals surface area contributed by atoms with Crippen molar-refractivity contribution in [3.8, 4) is 0 Å². The summed E-state index contributed by atoms with van der Waals surface area (Å²) in [4.78, 5) is 15.6. The average molecular weight is 192 g/mol. The molecule has 1 amide bonds. The first-order valence-electron chi connectivity index (χ1n) is 4.89. The van der Waals surface area contributed by atoms with Gasteiger partial charge in [0.25, 0.3) is 0 Å². The van der Waals surface area contributed by atoms with E-state index in [1.807, 2.05) is 20.8 Å². The average Bonchev–Trinajstić information content (AvgIpc) is 2.16. The van der Waals surface area contributed by atoms with E-state index in [1.54, 1.807) is 6.07 Å². The van der Waals surface area contributed by atoms with Crippen LogP contribution in [0, 0.1) is 6.92 Å². The first-order chi connectivity index (χ1) is 6.60. The predicted octanol–water partition coefficient (Wildman–Crippen LogP) is 1.61. The second-order valence-electron chi connectivity index (χ2n) is 3.31. The summed E-state index contributed by atoms with van der Waals surface area (Å²) in [7, 11) is 0. The SMILES string of the molecule is CCc1nc(C)cc(C(N)=O)c1CC. The van der Waals surface area contributed by atoms with Crippen molar-refractivity contribution in [2.45, 2.75) is 33.6 Å². The number of primary amides is 1. The van der Waals surface area contributed by atoms with Crippen molar-refractivity contribution >= 4 is 5.91 Å². The number of rotatable bonds is 3. The normalized spacial score (nSPS) is 10.2. The van der Waals surface area contributed by atoms with Gasteiger partial charge in [0.15, 0.2) is 0 Å². The molecule has 0 radical (unpaired) electrons. The molecule has 0 fully saturated rings. The summed E-state index contributed by atoms with van der Waals surface area (Å²) in [6, 6.07) is 1.76. The highest BCUT2D eigenvalue weighted by Crippen LogP contribution is 2.15. The Bertz CT molecular complexity index is 359. The lowest BCUT2D eigenvalue weighted by molar-refractivity contribution is 0.0999. The smallest absolute Gasteiger partial charge is 0.249 e. The molecule has 0 unspecified atom stereocenters. The molecule has 1 aromatic rings. The largest absolute Gasteiger partial charge is 0.366 e. The Morgan fingerprint density at radius 1 is 1.43 bits per heavy atom. The summed E-state index contributed by atoms with van der Waals surface area (Å²) < 4.78 is 0. The molecule has 0 saturated heterocycles. The highest BCUT2D eigenvalue weighted by molar-refractivity contribution is 5.94. The van der Waals surface area contributed by atoms with Gasteiger partial charge in [0.2, 0.25) is 5.91 Å². The van der Waals surface area contributed by atoms with Crippen LogP contribution in [0.4, 0.5) is 0 Å². The second kappa shape index (κ2) is 4.22. The lowest BCUT2D eigenvalue weighted by Gasteiger charge is -2.10. The molecule has 3 heteroatoms. The van der Waals surface area contributed by atoms with E-state index in [-0.39, 0.29) is 5.91 Å². The fourth-order valence-corrected chi connectivity index (χ4v) is 1.67. The molecule has 76 valence electrons. The topological polar surface area (TPSA) is 56.0 Å². The van der Waals surface area contributed by atoms with Crippen molar-refractivity contribution in [2.75, 3.05) is 0 Å². The number of hydrogen-bond acceptors (Lipinski definition) is 2. The van der Waals surface area contributed by atoms with Crippen molar-refractivity contribution in [1.82, 2.24) is 4.98 Å². The first kappa shape index (κ1) is 10.7. The van der Waals surface area contributed by atoms with Gasteiger partial charge in [-0.05, 0) is 31.4 Å². The lowest BCUT2D eigenvalue weighted by Crippen LogP contribution is -2.16. The number of nitrogens with two attached hydrogens (primary N) is 1. The number of carbonyl (C=O) groups excluding carboxylic acids is 1. The van der Waals surface area contributed by atoms with Crippen LogP contribution in [-0.2, 0) is 12.8 Å². The van der Waals surface area contributed by atoms with Crippen molar-refractivity contribution in [2.24, 2.45) is 5.73 Å². The molecule has 0 aliphatic rings. The van der Waals surface area contributed by atoms with Gasteiger partial charge >= 0.3 is 0 Å². The van der Waals surface area contributed by atoms with E-state index >= 15 is 0 Å². The van der Waals surface area contributed by atoms with Gasteiger partial charge in [0, 0.05) is 17.0 Å². The zero-order chi connectivity index (χ0) is 10.7. The quantitative estimate of drug-likeness (QED) is 0.791. The summed E-state index contributed by atoms with van der Waals surface area (Å²) in [6.45, 7) is 5.93. The third-order valence-electron chi connectivity index (χ3n) is 2.29. The van der Waals surface area contributed by atoms with Crippen LogP contribution in [0.5, 0.6) is 0 Å². The zero-order valence-corrected chi connectivity index (χ0v) is 8.92. The zero-order valence-electron chi connectivity index (χ0n) is 8.92. The van der Waals surface area contributed by atoms with E-state index in [4.69, 9.17) is 5.73 Å². The number of aryl methyl sites for hydroxylation is 2. The van der Waals surface area contributed by atoms with E-state index in [1.165, 1.54) is 0 Å². The van der Waals surface area contributed by atoms with E-state index in [0.717, 1.165) is 29.8 Å². The molecule has 3 nitrogen and oxygen atoms in total.